The van der Waals surface area contributed by atoms with Crippen molar-refractivity contribution in [3.8, 4) is 11.5 Å². The minimum atomic E-state index is -0.833. The Labute approximate surface area is 154 Å². The van der Waals surface area contributed by atoms with Gasteiger partial charge < -0.3 is 9.84 Å². The fourth-order valence-corrected chi connectivity index (χ4v) is 3.85. The van der Waals surface area contributed by atoms with Gasteiger partial charge in [-0.25, -0.2) is 0 Å². The van der Waals surface area contributed by atoms with Crippen molar-refractivity contribution in [2.45, 2.75) is 38.5 Å². The Morgan fingerprint density at radius 1 is 1.24 bits per heavy atom. The molecule has 1 N–H and O–H groups in total. The number of hydroxylamine groups is 2. The van der Waals surface area contributed by atoms with E-state index in [1.165, 1.54) is 14.2 Å². The summed E-state index contributed by atoms with van der Waals surface area (Å²) >= 11 is 3.32. The number of likely N-dealkylation sites (tertiary alicyclic amines) is 1. The lowest BCUT2D eigenvalue weighted by Gasteiger charge is -2.36. The molecule has 0 aliphatic carbocycles. The number of likely N-dealkylation sites (N-methyl/N-ethyl adjacent to an activating group) is 1. The van der Waals surface area contributed by atoms with Crippen LogP contribution in [0.5, 0.6) is 11.5 Å². The first-order valence-electron chi connectivity index (χ1n) is 7.92. The summed E-state index contributed by atoms with van der Waals surface area (Å²) in [5.74, 6) is -0.980. The molecule has 2 heterocycles. The average Bonchev–Trinajstić information content (AvgIpc) is 3.03. The monoisotopic (exact) mass is 412 g/mol. The van der Waals surface area contributed by atoms with Gasteiger partial charge in [0.25, 0.3) is 5.91 Å². The van der Waals surface area contributed by atoms with Gasteiger partial charge in [-0.05, 0) is 54.4 Å². The topological polar surface area (TPSA) is 79.3 Å². The minimum absolute atomic E-state index is 0.0185. The van der Waals surface area contributed by atoms with Gasteiger partial charge in [0.2, 0.25) is 5.91 Å². The Kier molecular flexibility index (Phi) is 4.33. The van der Waals surface area contributed by atoms with Gasteiger partial charge in [-0.1, -0.05) is 0 Å². The molecule has 3 rings (SSSR count). The number of hydrogen-bond acceptors (Lipinski definition) is 6. The molecule has 0 spiro atoms. The molecule has 2 amide bonds. The molecule has 2 aliphatic heterocycles. The number of halogens is 1. The van der Waals surface area contributed by atoms with Gasteiger partial charge in [0.1, 0.15) is 0 Å². The smallest absolute Gasteiger partial charge is 0.261 e. The van der Waals surface area contributed by atoms with Gasteiger partial charge in [-0.2, -0.15) is 5.06 Å². The molecule has 3 atom stereocenters. The maximum absolute atomic E-state index is 12.7. The number of phenols is 1. The summed E-state index contributed by atoms with van der Waals surface area (Å²) in [4.78, 5) is 32.1. The molecule has 2 fully saturated rings. The Morgan fingerprint density at radius 3 is 2.44 bits per heavy atom. The molecular formula is C17H21BrN2O5. The zero-order valence-corrected chi connectivity index (χ0v) is 16.3. The lowest BCUT2D eigenvalue weighted by atomic mass is 9.89. The third kappa shape index (κ3) is 2.72. The quantitative estimate of drug-likeness (QED) is 0.750. The van der Waals surface area contributed by atoms with E-state index in [1.807, 2.05) is 20.8 Å². The molecule has 8 heteroatoms. The first-order valence-corrected chi connectivity index (χ1v) is 8.71. The zero-order valence-electron chi connectivity index (χ0n) is 14.7. The molecule has 0 aromatic heterocycles. The van der Waals surface area contributed by atoms with E-state index in [0.29, 0.717) is 4.47 Å². The summed E-state index contributed by atoms with van der Waals surface area (Å²) in [6, 6.07) is 2.92. The molecule has 3 unspecified atom stereocenters. The molecular weight excluding hydrogens is 392 g/mol. The summed E-state index contributed by atoms with van der Waals surface area (Å²) < 4.78 is 5.67. The van der Waals surface area contributed by atoms with Crippen LogP contribution < -0.4 is 4.74 Å². The van der Waals surface area contributed by atoms with E-state index in [2.05, 4.69) is 15.9 Å². The number of phenolic OH excluding ortho intramolecular Hbond substituents is 1. The molecule has 2 aliphatic rings. The van der Waals surface area contributed by atoms with Crippen molar-refractivity contribution in [3.63, 3.8) is 0 Å². The van der Waals surface area contributed by atoms with Crippen LogP contribution in [0, 0.1) is 5.92 Å². The van der Waals surface area contributed by atoms with Gasteiger partial charge in [-0.3, -0.25) is 19.3 Å². The van der Waals surface area contributed by atoms with Gasteiger partial charge in [0, 0.05) is 12.6 Å². The highest BCUT2D eigenvalue weighted by Gasteiger charge is 2.60. The van der Waals surface area contributed by atoms with E-state index in [1.54, 1.807) is 17.2 Å². The van der Waals surface area contributed by atoms with Crippen LogP contribution in [0.1, 0.15) is 32.4 Å². The molecule has 136 valence electrons. The van der Waals surface area contributed by atoms with Crippen LogP contribution in [0.4, 0.5) is 0 Å². The van der Waals surface area contributed by atoms with Crippen LogP contribution in [0.25, 0.3) is 0 Å². The third-order valence-electron chi connectivity index (χ3n) is 4.61. The number of benzene rings is 1. The molecule has 1 aromatic rings. The van der Waals surface area contributed by atoms with Crippen molar-refractivity contribution in [1.29, 1.82) is 0 Å². The van der Waals surface area contributed by atoms with Crippen molar-refractivity contribution < 1.29 is 24.3 Å². The molecule has 0 bridgehead atoms. The first-order chi connectivity index (χ1) is 11.6. The predicted molar refractivity (Wildman–Crippen MR) is 92.8 cm³/mol. The van der Waals surface area contributed by atoms with Gasteiger partial charge >= 0.3 is 0 Å². The summed E-state index contributed by atoms with van der Waals surface area (Å²) in [5, 5.41) is 11.8. The summed E-state index contributed by atoms with van der Waals surface area (Å²) in [7, 11) is 2.93. The Bertz CT molecular complexity index is 745. The number of nitrogens with zero attached hydrogens (tertiary/aromatic N) is 2. The van der Waals surface area contributed by atoms with Gasteiger partial charge in [0.05, 0.1) is 23.5 Å². The van der Waals surface area contributed by atoms with E-state index in [0.717, 1.165) is 10.5 Å². The number of carbonyl (C=O) groups is 2. The van der Waals surface area contributed by atoms with E-state index >= 15 is 0 Å². The van der Waals surface area contributed by atoms with Crippen molar-refractivity contribution in [1.82, 2.24) is 9.96 Å². The number of carbonyl (C=O) groups excluding carboxylic acids is 2. The number of ether oxygens (including phenoxy) is 1. The van der Waals surface area contributed by atoms with Crippen LogP contribution >= 0.6 is 15.9 Å². The second kappa shape index (κ2) is 5.96. The van der Waals surface area contributed by atoms with Crippen molar-refractivity contribution in [3.05, 3.63) is 22.2 Å². The second-order valence-electron chi connectivity index (χ2n) is 7.28. The van der Waals surface area contributed by atoms with Crippen molar-refractivity contribution >= 4 is 27.7 Å². The number of imide groups is 1. The van der Waals surface area contributed by atoms with Crippen molar-refractivity contribution in [2.75, 3.05) is 14.2 Å². The van der Waals surface area contributed by atoms with Gasteiger partial charge in [-0.15, -0.1) is 0 Å². The largest absolute Gasteiger partial charge is 0.503 e. The van der Waals surface area contributed by atoms with Crippen LogP contribution in [-0.4, -0.2) is 52.7 Å². The average molecular weight is 413 g/mol. The van der Waals surface area contributed by atoms with E-state index in [-0.39, 0.29) is 23.3 Å². The van der Waals surface area contributed by atoms with Crippen molar-refractivity contribution in [2.24, 2.45) is 5.92 Å². The second-order valence-corrected chi connectivity index (χ2v) is 8.14. The Balaban J connectivity index is 2.14. The Morgan fingerprint density at radius 2 is 1.88 bits per heavy atom. The molecule has 1 aromatic carbocycles. The van der Waals surface area contributed by atoms with Gasteiger partial charge in [0.15, 0.2) is 17.6 Å². The lowest BCUT2D eigenvalue weighted by Crippen LogP contribution is -2.44. The molecule has 0 saturated carbocycles. The first kappa shape index (κ1) is 18.2. The van der Waals surface area contributed by atoms with E-state index in [4.69, 9.17) is 9.57 Å². The van der Waals surface area contributed by atoms with E-state index < -0.39 is 23.6 Å². The fraction of sp³-hybridized carbons (Fsp3) is 0.529. The maximum atomic E-state index is 12.7. The zero-order chi connectivity index (χ0) is 18.7. The fourth-order valence-electron chi connectivity index (χ4n) is 3.39. The maximum Gasteiger partial charge on any atom is 0.261 e. The van der Waals surface area contributed by atoms with Crippen LogP contribution in [0.3, 0.4) is 0 Å². The number of amides is 2. The highest BCUT2D eigenvalue weighted by Crippen LogP contribution is 2.49. The predicted octanol–water partition coefficient (Wildman–Crippen LogP) is 2.23. The summed E-state index contributed by atoms with van der Waals surface area (Å²) in [6.07, 6.45) is -0.833. The molecule has 2 saturated heterocycles. The molecule has 7 nitrogen and oxygen atoms in total. The highest BCUT2D eigenvalue weighted by atomic mass is 79.9. The third-order valence-corrected chi connectivity index (χ3v) is 5.21. The molecule has 25 heavy (non-hydrogen) atoms. The summed E-state index contributed by atoms with van der Waals surface area (Å²) in [5.41, 5.74) is 0.284. The highest BCUT2D eigenvalue weighted by molar-refractivity contribution is 9.10. The molecule has 0 radical (unpaired) electrons. The number of rotatable bonds is 2. The van der Waals surface area contributed by atoms with Crippen LogP contribution in [0.15, 0.2) is 16.6 Å². The van der Waals surface area contributed by atoms with Crippen LogP contribution in [-0.2, 0) is 14.4 Å². The lowest BCUT2D eigenvalue weighted by molar-refractivity contribution is -0.215. The van der Waals surface area contributed by atoms with Crippen LogP contribution in [0.2, 0.25) is 0 Å². The number of hydrogen-bond donors (Lipinski definition) is 1. The number of aromatic hydroxyl groups is 1. The normalized spacial score (nSPS) is 27.1. The summed E-state index contributed by atoms with van der Waals surface area (Å²) in [6.45, 7) is 5.85. The number of methoxy groups -OCH3 is 1. The van der Waals surface area contributed by atoms with E-state index in [9.17, 15) is 14.7 Å². The SMILES string of the molecule is COc1cc(C2C3C(=O)N(C)C(=O)C3ON2C(C)(C)C)cc(Br)c1O. The minimum Gasteiger partial charge on any atom is -0.503 e. The number of fused-ring (bicyclic) bond motifs is 1. The Hall–Kier alpha value is -1.64. The standard InChI is InChI=1S/C17H21BrN2O5/c1-17(2,3)20-12(8-6-9(18)13(21)10(7-8)24-5)11-14(25-20)16(23)19(4)15(11)22/h6-7,11-12,14,21H,1-5H3.